The number of hydrogen-bond acceptors (Lipinski definition) is 3. The summed E-state index contributed by atoms with van der Waals surface area (Å²) >= 11 is 0. The molecule has 1 aromatic heterocycles. The molecule has 0 bridgehead atoms. The number of unbranched alkanes of at least 4 members (excludes halogenated alkanes) is 2. The van der Waals surface area contributed by atoms with Gasteiger partial charge in [0.25, 0.3) is 0 Å². The molecule has 0 saturated carbocycles. The molecule has 29 heavy (non-hydrogen) atoms. The molecule has 152 valence electrons. The van der Waals surface area contributed by atoms with E-state index in [1.807, 2.05) is 25.1 Å². The van der Waals surface area contributed by atoms with E-state index in [9.17, 15) is 14.7 Å². The van der Waals surface area contributed by atoms with Gasteiger partial charge in [0.15, 0.2) is 0 Å². The number of amides is 1. The fourth-order valence-electron chi connectivity index (χ4n) is 3.47. The number of benzene rings is 2. The molecule has 3 rings (SSSR count). The van der Waals surface area contributed by atoms with Gasteiger partial charge in [-0.15, -0.1) is 0 Å². The smallest absolute Gasteiger partial charge is 0.405 e. The van der Waals surface area contributed by atoms with Crippen molar-refractivity contribution >= 4 is 22.6 Å². The van der Waals surface area contributed by atoms with Gasteiger partial charge in [-0.25, -0.2) is 9.78 Å². The molecule has 3 aromatic rings. The van der Waals surface area contributed by atoms with Gasteiger partial charge >= 0.3 is 6.09 Å². The van der Waals surface area contributed by atoms with E-state index >= 15 is 0 Å². The van der Waals surface area contributed by atoms with Gasteiger partial charge in [-0.1, -0.05) is 56.2 Å². The molecule has 1 atom stereocenters. The third kappa shape index (κ3) is 5.67. The average Bonchev–Trinajstić information content (AvgIpc) is 3.22. The van der Waals surface area contributed by atoms with Gasteiger partial charge in [-0.2, -0.15) is 0 Å². The second-order valence-electron chi connectivity index (χ2n) is 7.24. The highest BCUT2D eigenvalue weighted by atomic mass is 16.4. The number of rotatable bonds is 10. The highest BCUT2D eigenvalue weighted by molar-refractivity contribution is 5.86. The van der Waals surface area contributed by atoms with E-state index in [2.05, 4.69) is 39.6 Å². The Morgan fingerprint density at radius 3 is 2.66 bits per heavy atom. The van der Waals surface area contributed by atoms with Crippen molar-refractivity contribution in [1.29, 1.82) is 0 Å². The Kier molecular flexibility index (Phi) is 7.00. The maximum Gasteiger partial charge on any atom is 0.405 e. The standard InChI is InChI=1S/C23H27N3O3/c1-2-19(27)10-4-3-5-11-20(26-23(28)29)22-24-15-21(25-22)18-13-12-16-8-6-7-9-17(16)14-18/h6-9,12-15,20,26H,2-5,10-11H2,1H3,(H,24,25)(H,28,29)/t20-/m0/s1. The molecule has 0 saturated heterocycles. The van der Waals surface area contributed by atoms with E-state index < -0.39 is 12.1 Å². The Labute approximate surface area is 170 Å². The van der Waals surface area contributed by atoms with E-state index in [1.54, 1.807) is 6.20 Å². The maximum atomic E-state index is 11.4. The molecule has 1 heterocycles. The van der Waals surface area contributed by atoms with Crippen LogP contribution in [-0.4, -0.2) is 27.0 Å². The molecule has 1 amide bonds. The lowest BCUT2D eigenvalue weighted by Crippen LogP contribution is -2.27. The van der Waals surface area contributed by atoms with Crippen molar-refractivity contribution in [1.82, 2.24) is 15.3 Å². The summed E-state index contributed by atoms with van der Waals surface area (Å²) in [6.07, 6.45) is 5.04. The van der Waals surface area contributed by atoms with Gasteiger partial charge in [0.2, 0.25) is 0 Å². The van der Waals surface area contributed by atoms with Crippen LogP contribution in [-0.2, 0) is 4.79 Å². The molecule has 0 aliphatic carbocycles. The summed E-state index contributed by atoms with van der Waals surface area (Å²) in [5.74, 6) is 0.886. The fourth-order valence-corrected chi connectivity index (χ4v) is 3.47. The van der Waals surface area contributed by atoms with Crippen LogP contribution in [0.1, 0.15) is 57.3 Å². The molecule has 0 unspecified atom stereocenters. The first-order valence-corrected chi connectivity index (χ1v) is 10.1. The molecule has 0 fully saturated rings. The Bertz CT molecular complexity index is 980. The number of carbonyl (C=O) groups is 2. The number of imidazole rings is 1. The summed E-state index contributed by atoms with van der Waals surface area (Å²) < 4.78 is 0. The lowest BCUT2D eigenvalue weighted by molar-refractivity contribution is -0.118. The molecule has 2 aromatic carbocycles. The van der Waals surface area contributed by atoms with Gasteiger partial charge in [-0.3, -0.25) is 4.79 Å². The molecule has 6 nitrogen and oxygen atoms in total. The van der Waals surface area contributed by atoms with Crippen molar-refractivity contribution in [2.24, 2.45) is 0 Å². The largest absolute Gasteiger partial charge is 0.465 e. The number of Topliss-reactive ketones (excluding diaryl/α,β-unsaturated/α-hetero) is 1. The van der Waals surface area contributed by atoms with Crippen LogP contribution in [0.2, 0.25) is 0 Å². The highest BCUT2D eigenvalue weighted by Crippen LogP contribution is 2.25. The molecule has 3 N–H and O–H groups in total. The predicted molar refractivity (Wildman–Crippen MR) is 114 cm³/mol. The number of H-pyrrole nitrogens is 1. The molecule has 0 aliphatic heterocycles. The van der Waals surface area contributed by atoms with Crippen LogP contribution in [0, 0.1) is 0 Å². The Balaban J connectivity index is 1.67. The minimum Gasteiger partial charge on any atom is -0.465 e. The molecular weight excluding hydrogens is 366 g/mol. The SMILES string of the molecule is CCC(=O)CCCCC[C@H](NC(=O)O)c1ncc(-c2ccc3ccccc3c2)[nH]1. The Morgan fingerprint density at radius 2 is 1.90 bits per heavy atom. The lowest BCUT2D eigenvalue weighted by Gasteiger charge is -2.14. The first kappa shape index (κ1) is 20.6. The quantitative estimate of drug-likeness (QED) is 0.398. The van der Waals surface area contributed by atoms with Gasteiger partial charge in [0.05, 0.1) is 17.9 Å². The van der Waals surface area contributed by atoms with Crippen LogP contribution in [0.25, 0.3) is 22.0 Å². The van der Waals surface area contributed by atoms with Crippen LogP contribution < -0.4 is 5.32 Å². The number of nitrogens with one attached hydrogen (secondary N) is 2. The molecule has 6 heteroatoms. The van der Waals surface area contributed by atoms with Gasteiger partial charge in [0.1, 0.15) is 11.6 Å². The highest BCUT2D eigenvalue weighted by Gasteiger charge is 2.18. The number of aromatic nitrogens is 2. The van der Waals surface area contributed by atoms with Gasteiger partial charge < -0.3 is 15.4 Å². The predicted octanol–water partition coefficient (Wildman–Crippen LogP) is 5.47. The number of fused-ring (bicyclic) bond motifs is 1. The van der Waals surface area contributed by atoms with Gasteiger partial charge in [0, 0.05) is 18.4 Å². The molecule has 0 radical (unpaired) electrons. The van der Waals surface area contributed by atoms with Crippen molar-refractivity contribution in [3.63, 3.8) is 0 Å². The van der Waals surface area contributed by atoms with E-state index in [4.69, 9.17) is 0 Å². The van der Waals surface area contributed by atoms with Crippen LogP contribution in [0.15, 0.2) is 48.7 Å². The zero-order valence-electron chi connectivity index (χ0n) is 16.6. The molecule has 0 spiro atoms. The Morgan fingerprint density at radius 1 is 1.10 bits per heavy atom. The second-order valence-corrected chi connectivity index (χ2v) is 7.24. The number of hydrogen-bond donors (Lipinski definition) is 3. The van der Waals surface area contributed by atoms with Crippen molar-refractivity contribution in [2.75, 3.05) is 0 Å². The van der Waals surface area contributed by atoms with E-state index in [1.165, 1.54) is 5.39 Å². The number of carbonyl (C=O) groups excluding carboxylic acids is 1. The summed E-state index contributed by atoms with van der Waals surface area (Å²) in [4.78, 5) is 30.3. The van der Waals surface area contributed by atoms with E-state index in [0.717, 1.165) is 35.9 Å². The summed E-state index contributed by atoms with van der Waals surface area (Å²) in [5, 5.41) is 14.1. The first-order chi connectivity index (χ1) is 14.1. The minimum absolute atomic E-state index is 0.274. The lowest BCUT2D eigenvalue weighted by atomic mass is 10.0. The van der Waals surface area contributed by atoms with Crippen LogP contribution >= 0.6 is 0 Å². The number of ketones is 1. The van der Waals surface area contributed by atoms with Gasteiger partial charge in [-0.05, 0) is 29.7 Å². The fraction of sp³-hybridized carbons (Fsp3) is 0.348. The second kappa shape index (κ2) is 9.87. The number of nitrogens with zero attached hydrogens (tertiary/aromatic N) is 1. The number of aromatic amines is 1. The third-order valence-corrected chi connectivity index (χ3v) is 5.13. The Hall–Kier alpha value is -3.15. The van der Waals surface area contributed by atoms with E-state index in [-0.39, 0.29) is 5.78 Å². The van der Waals surface area contributed by atoms with Crippen molar-refractivity contribution in [3.05, 3.63) is 54.5 Å². The van der Waals surface area contributed by atoms with Crippen LogP contribution in [0.3, 0.4) is 0 Å². The molecular formula is C23H27N3O3. The van der Waals surface area contributed by atoms with Crippen LogP contribution in [0.5, 0.6) is 0 Å². The minimum atomic E-state index is -1.07. The maximum absolute atomic E-state index is 11.4. The summed E-state index contributed by atoms with van der Waals surface area (Å²) in [6, 6.07) is 13.9. The summed E-state index contributed by atoms with van der Waals surface area (Å²) in [6.45, 7) is 1.87. The first-order valence-electron chi connectivity index (χ1n) is 10.1. The summed E-state index contributed by atoms with van der Waals surface area (Å²) in [5.41, 5.74) is 1.87. The van der Waals surface area contributed by atoms with Crippen molar-refractivity contribution in [2.45, 2.75) is 51.5 Å². The zero-order chi connectivity index (χ0) is 20.6. The van der Waals surface area contributed by atoms with Crippen LogP contribution in [0.4, 0.5) is 4.79 Å². The monoisotopic (exact) mass is 393 g/mol. The number of carboxylic acid groups (broad SMARTS) is 1. The topological polar surface area (TPSA) is 95.1 Å². The summed E-state index contributed by atoms with van der Waals surface area (Å²) in [7, 11) is 0. The third-order valence-electron chi connectivity index (χ3n) is 5.13. The molecule has 0 aliphatic rings. The average molecular weight is 393 g/mol. The van der Waals surface area contributed by atoms with E-state index in [0.29, 0.717) is 25.1 Å². The van der Waals surface area contributed by atoms with Crippen molar-refractivity contribution in [3.8, 4) is 11.3 Å². The van der Waals surface area contributed by atoms with Crippen molar-refractivity contribution < 1.29 is 14.7 Å². The normalized spacial score (nSPS) is 12.0. The zero-order valence-corrected chi connectivity index (χ0v) is 16.6.